The number of benzene rings is 2. The molecular weight excluding hydrogens is 396 g/mol. The molecule has 0 saturated carbocycles. The first kappa shape index (κ1) is 20.6. The summed E-state index contributed by atoms with van der Waals surface area (Å²) in [7, 11) is 0. The molecule has 0 atom stereocenters. The zero-order valence-electron chi connectivity index (χ0n) is 18.4. The Morgan fingerprint density at radius 3 is 2.09 bits per heavy atom. The minimum absolute atomic E-state index is 0.0168. The van der Waals surface area contributed by atoms with Gasteiger partial charge >= 0.3 is 0 Å². The van der Waals surface area contributed by atoms with E-state index in [1.54, 1.807) is 16.7 Å². The lowest BCUT2D eigenvalue weighted by Gasteiger charge is -2.39. The van der Waals surface area contributed by atoms with Crippen molar-refractivity contribution in [1.82, 2.24) is 19.2 Å². The molecule has 0 radical (unpaired) electrons. The summed E-state index contributed by atoms with van der Waals surface area (Å²) in [6.07, 6.45) is 1.80. The second-order valence-electron chi connectivity index (χ2n) is 8.55. The molecule has 1 aliphatic heterocycles. The van der Waals surface area contributed by atoms with E-state index in [0.717, 1.165) is 43.1 Å². The van der Waals surface area contributed by atoms with Gasteiger partial charge in [0.1, 0.15) is 5.65 Å². The number of nitrogens with zero attached hydrogens (tertiary/aromatic N) is 4. The van der Waals surface area contributed by atoms with Gasteiger partial charge in [-0.2, -0.15) is 0 Å². The normalized spacial score (nSPS) is 15.4. The average Bonchev–Trinajstić information content (AvgIpc) is 2.81. The summed E-state index contributed by atoms with van der Waals surface area (Å²) < 4.78 is 1.61. The van der Waals surface area contributed by atoms with Gasteiger partial charge < -0.3 is 0 Å². The van der Waals surface area contributed by atoms with Crippen molar-refractivity contribution >= 4 is 5.65 Å². The highest BCUT2D eigenvalue weighted by Crippen LogP contribution is 2.29. The summed E-state index contributed by atoms with van der Waals surface area (Å²) in [6, 6.07) is 27.3. The standard InChI is InChI=1S/C27H28N4O/c1-21-12-13-31-25(18-21)28-24(19-26(31)32)20-29-14-16-30(17-15-29)27(22-8-4-2-5-9-22)23-10-6-3-7-11-23/h2-13,18-19,27H,14-17,20H2,1H3. The van der Waals surface area contributed by atoms with E-state index in [9.17, 15) is 4.79 Å². The number of piperazine rings is 1. The molecule has 0 bridgehead atoms. The maximum atomic E-state index is 12.5. The molecule has 0 unspecified atom stereocenters. The Morgan fingerprint density at radius 1 is 0.844 bits per heavy atom. The molecule has 2 aromatic carbocycles. The molecule has 0 amide bonds. The van der Waals surface area contributed by atoms with Crippen LogP contribution in [0.15, 0.2) is 89.9 Å². The van der Waals surface area contributed by atoms with Crippen molar-refractivity contribution in [2.24, 2.45) is 0 Å². The molecule has 5 heteroatoms. The van der Waals surface area contributed by atoms with Crippen LogP contribution >= 0.6 is 0 Å². The largest absolute Gasteiger partial charge is 0.295 e. The van der Waals surface area contributed by atoms with Crippen LogP contribution in [0.1, 0.15) is 28.4 Å². The number of pyridine rings is 1. The molecule has 162 valence electrons. The van der Waals surface area contributed by atoms with Gasteiger partial charge in [0.15, 0.2) is 0 Å². The van der Waals surface area contributed by atoms with Gasteiger partial charge in [0.25, 0.3) is 5.56 Å². The Balaban J connectivity index is 1.32. The van der Waals surface area contributed by atoms with Crippen LogP contribution in [0.5, 0.6) is 0 Å². The molecule has 0 aliphatic carbocycles. The number of fused-ring (bicyclic) bond motifs is 1. The summed E-state index contributed by atoms with van der Waals surface area (Å²) in [5, 5.41) is 0. The van der Waals surface area contributed by atoms with Crippen LogP contribution < -0.4 is 5.56 Å². The fraction of sp³-hybridized carbons (Fsp3) is 0.259. The van der Waals surface area contributed by atoms with E-state index in [1.807, 2.05) is 19.1 Å². The first-order chi connectivity index (χ1) is 15.7. The molecule has 3 heterocycles. The van der Waals surface area contributed by atoms with Gasteiger partial charge in [-0.1, -0.05) is 60.7 Å². The van der Waals surface area contributed by atoms with Gasteiger partial charge in [0.2, 0.25) is 0 Å². The first-order valence-electron chi connectivity index (χ1n) is 11.2. The van der Waals surface area contributed by atoms with Crippen LogP contribution in [0.3, 0.4) is 0 Å². The second kappa shape index (κ2) is 9.07. The van der Waals surface area contributed by atoms with Crippen LogP contribution in [-0.4, -0.2) is 45.4 Å². The van der Waals surface area contributed by atoms with Gasteiger partial charge in [-0.15, -0.1) is 0 Å². The van der Waals surface area contributed by atoms with Crippen LogP contribution in [0.2, 0.25) is 0 Å². The lowest BCUT2D eigenvalue weighted by atomic mass is 9.96. The molecule has 5 rings (SSSR count). The first-order valence-corrected chi connectivity index (χ1v) is 11.2. The van der Waals surface area contributed by atoms with Crippen molar-refractivity contribution in [2.75, 3.05) is 26.2 Å². The predicted octanol–water partition coefficient (Wildman–Crippen LogP) is 3.91. The summed E-state index contributed by atoms with van der Waals surface area (Å²) >= 11 is 0. The number of rotatable bonds is 5. The third kappa shape index (κ3) is 4.35. The van der Waals surface area contributed by atoms with E-state index in [4.69, 9.17) is 4.98 Å². The summed E-state index contributed by atoms with van der Waals surface area (Å²) in [5.41, 5.74) is 5.31. The van der Waals surface area contributed by atoms with Gasteiger partial charge in [-0.3, -0.25) is 19.0 Å². The second-order valence-corrected chi connectivity index (χ2v) is 8.55. The number of hydrogen-bond donors (Lipinski definition) is 0. The van der Waals surface area contributed by atoms with Crippen molar-refractivity contribution in [1.29, 1.82) is 0 Å². The maximum Gasteiger partial charge on any atom is 0.258 e. The average molecular weight is 425 g/mol. The molecule has 5 nitrogen and oxygen atoms in total. The molecule has 0 N–H and O–H groups in total. The predicted molar refractivity (Wildman–Crippen MR) is 128 cm³/mol. The maximum absolute atomic E-state index is 12.5. The molecule has 2 aromatic heterocycles. The van der Waals surface area contributed by atoms with Crippen molar-refractivity contribution in [3.8, 4) is 0 Å². The third-order valence-corrected chi connectivity index (χ3v) is 6.26. The van der Waals surface area contributed by atoms with Crippen LogP contribution in [0, 0.1) is 6.92 Å². The van der Waals surface area contributed by atoms with E-state index < -0.39 is 0 Å². The fourth-order valence-electron chi connectivity index (χ4n) is 4.63. The Bertz CT molecular complexity index is 1210. The molecule has 4 aromatic rings. The van der Waals surface area contributed by atoms with Crippen molar-refractivity contribution in [3.05, 3.63) is 118 Å². The highest BCUT2D eigenvalue weighted by atomic mass is 16.1. The molecular formula is C27H28N4O. The highest BCUT2D eigenvalue weighted by molar-refractivity contribution is 5.41. The minimum atomic E-state index is -0.0168. The smallest absolute Gasteiger partial charge is 0.258 e. The zero-order valence-corrected chi connectivity index (χ0v) is 18.4. The van der Waals surface area contributed by atoms with Gasteiger partial charge in [0, 0.05) is 45.0 Å². The Hall–Kier alpha value is -3.28. The Morgan fingerprint density at radius 2 is 1.47 bits per heavy atom. The Kier molecular flexibility index (Phi) is 5.84. The minimum Gasteiger partial charge on any atom is -0.295 e. The van der Waals surface area contributed by atoms with E-state index in [0.29, 0.717) is 6.54 Å². The van der Waals surface area contributed by atoms with Gasteiger partial charge in [0.05, 0.1) is 11.7 Å². The molecule has 0 spiro atoms. The fourth-order valence-corrected chi connectivity index (χ4v) is 4.63. The third-order valence-electron chi connectivity index (χ3n) is 6.26. The van der Waals surface area contributed by atoms with E-state index in [2.05, 4.69) is 70.5 Å². The molecule has 1 fully saturated rings. The SMILES string of the molecule is Cc1ccn2c(=O)cc(CN3CCN(C(c4ccccc4)c4ccccc4)CC3)nc2c1. The monoisotopic (exact) mass is 424 g/mol. The summed E-state index contributed by atoms with van der Waals surface area (Å²) in [5.74, 6) is 0. The number of hydrogen-bond acceptors (Lipinski definition) is 4. The van der Waals surface area contributed by atoms with Crippen molar-refractivity contribution in [2.45, 2.75) is 19.5 Å². The molecule has 1 aliphatic rings. The van der Waals surface area contributed by atoms with E-state index in [1.165, 1.54) is 11.1 Å². The molecule has 1 saturated heterocycles. The number of aryl methyl sites for hydroxylation is 1. The van der Waals surface area contributed by atoms with Gasteiger partial charge in [-0.05, 0) is 35.7 Å². The van der Waals surface area contributed by atoms with Crippen LogP contribution in [-0.2, 0) is 6.54 Å². The summed E-state index contributed by atoms with van der Waals surface area (Å²) in [6.45, 7) is 6.57. The summed E-state index contributed by atoms with van der Waals surface area (Å²) in [4.78, 5) is 22.2. The van der Waals surface area contributed by atoms with Gasteiger partial charge in [-0.25, -0.2) is 4.98 Å². The quantitative estimate of drug-likeness (QED) is 0.487. The van der Waals surface area contributed by atoms with E-state index >= 15 is 0 Å². The van der Waals surface area contributed by atoms with Crippen LogP contribution in [0.4, 0.5) is 0 Å². The van der Waals surface area contributed by atoms with E-state index in [-0.39, 0.29) is 11.6 Å². The molecule has 32 heavy (non-hydrogen) atoms. The topological polar surface area (TPSA) is 40.9 Å². The zero-order chi connectivity index (χ0) is 21.9. The van der Waals surface area contributed by atoms with Crippen LogP contribution in [0.25, 0.3) is 5.65 Å². The number of aromatic nitrogens is 2. The lowest BCUT2D eigenvalue weighted by Crippen LogP contribution is -2.47. The van der Waals surface area contributed by atoms with Crippen molar-refractivity contribution < 1.29 is 0 Å². The Labute approximate surface area is 188 Å². The highest BCUT2D eigenvalue weighted by Gasteiger charge is 2.26. The lowest BCUT2D eigenvalue weighted by molar-refractivity contribution is 0.104. The van der Waals surface area contributed by atoms with Crippen molar-refractivity contribution in [3.63, 3.8) is 0 Å².